The Bertz CT molecular complexity index is 3980. The summed E-state index contributed by atoms with van der Waals surface area (Å²) in [6, 6.07) is 56.2. The number of benzene rings is 9. The molecule has 4 heterocycles. The topological polar surface area (TPSA) is 76.9 Å². The molecule has 13 rings (SSSR count). The molecular weight excluding hydrogens is 749 g/mol. The van der Waals surface area contributed by atoms with E-state index in [-0.39, 0.29) is 0 Å². The third-order valence-corrected chi connectivity index (χ3v) is 12.4. The first-order valence-corrected chi connectivity index (χ1v) is 20.1. The normalized spacial score (nSPS) is 11.9. The zero-order valence-electron chi connectivity index (χ0n) is 32.3. The number of hydrogen-bond donors (Lipinski definition) is 0. The van der Waals surface area contributed by atoms with Gasteiger partial charge in [-0.2, -0.15) is 5.26 Å². The average Bonchev–Trinajstić information content (AvgIpc) is 3.97. The molecule has 0 spiro atoms. The maximum atomic E-state index is 11.7. The van der Waals surface area contributed by atoms with Gasteiger partial charge in [-0.15, -0.1) is 0 Å². The van der Waals surface area contributed by atoms with Crippen LogP contribution in [0.15, 0.2) is 175 Å². The summed E-state index contributed by atoms with van der Waals surface area (Å²) >= 11 is 0. The monoisotopic (exact) mass is 776 g/mol. The van der Waals surface area contributed by atoms with Crippen LogP contribution < -0.4 is 0 Å². The molecule has 7 heteroatoms. The number of rotatable bonds is 4. The van der Waals surface area contributed by atoms with Crippen LogP contribution >= 0.6 is 0 Å². The van der Waals surface area contributed by atoms with Gasteiger partial charge in [0.1, 0.15) is 17.2 Å². The molecule has 0 unspecified atom stereocenters. The molecule has 280 valence electrons. The average molecular weight is 777 g/mol. The van der Waals surface area contributed by atoms with Crippen molar-refractivity contribution in [1.29, 1.82) is 5.26 Å². The predicted octanol–water partition coefficient (Wildman–Crippen LogP) is 14.1. The van der Waals surface area contributed by atoms with Gasteiger partial charge in [0.25, 0.3) is 0 Å². The summed E-state index contributed by atoms with van der Waals surface area (Å²) in [5.41, 5.74) is 12.2. The molecule has 13 aromatic rings. The van der Waals surface area contributed by atoms with Crippen LogP contribution in [0.3, 0.4) is 0 Å². The Morgan fingerprint density at radius 1 is 0.492 bits per heavy atom. The number of aromatic nitrogens is 4. The van der Waals surface area contributed by atoms with E-state index in [1.807, 2.05) is 72.8 Å². The minimum absolute atomic E-state index is 0.386. The molecule has 0 aliphatic carbocycles. The maximum Gasteiger partial charge on any atom is 0.220 e. The highest BCUT2D eigenvalue weighted by Crippen LogP contribution is 2.53. The van der Waals surface area contributed by atoms with E-state index in [1.54, 1.807) is 12.4 Å². The molecule has 0 amide bonds. The summed E-state index contributed by atoms with van der Waals surface area (Å²) in [7, 11) is 0. The van der Waals surface area contributed by atoms with Crippen LogP contribution in [0.1, 0.15) is 5.56 Å². The first-order valence-electron chi connectivity index (χ1n) is 20.1. The van der Waals surface area contributed by atoms with Crippen molar-refractivity contribution >= 4 is 93.0 Å². The minimum atomic E-state index is 0.386. The van der Waals surface area contributed by atoms with Gasteiger partial charge in [0.15, 0.2) is 0 Å². The van der Waals surface area contributed by atoms with E-state index in [9.17, 15) is 5.26 Å². The summed E-state index contributed by atoms with van der Waals surface area (Å²) in [5, 5.41) is 19.8. The molecule has 7 nitrogen and oxygen atoms in total. The SMILES string of the molecule is [C-]#[N+]c1c(-c2ccccc2)c(C#N)c(-n2c3ccccc3c3cc4oc5ccccc5c4cc32)c(-c2ccccc2)c1-n1c2cccc3c4nccnc4c4cccc1c4c32. The first-order chi connectivity index (χ1) is 30.2. The summed E-state index contributed by atoms with van der Waals surface area (Å²) in [5.74, 6) is 0. The molecule has 0 N–H and O–H groups in total. The van der Waals surface area contributed by atoms with E-state index >= 15 is 0 Å². The van der Waals surface area contributed by atoms with E-state index in [0.717, 1.165) is 104 Å². The molecule has 0 radical (unpaired) electrons. The lowest BCUT2D eigenvalue weighted by Gasteiger charge is -2.25. The molecule has 0 bridgehead atoms. The fraction of sp³-hybridized carbons (Fsp3) is 0. The van der Waals surface area contributed by atoms with E-state index in [0.29, 0.717) is 28.2 Å². The van der Waals surface area contributed by atoms with E-state index in [2.05, 4.69) is 105 Å². The van der Waals surface area contributed by atoms with Gasteiger partial charge in [-0.25, -0.2) is 4.85 Å². The Labute approximate surface area is 347 Å². The first kappa shape index (κ1) is 33.2. The van der Waals surface area contributed by atoms with Gasteiger partial charge in [-0.1, -0.05) is 121 Å². The molecule has 0 saturated heterocycles. The fourth-order valence-corrected chi connectivity index (χ4v) is 10.0. The van der Waals surface area contributed by atoms with Crippen LogP contribution in [-0.2, 0) is 0 Å². The lowest BCUT2D eigenvalue weighted by molar-refractivity contribution is 0.669. The fourth-order valence-electron chi connectivity index (χ4n) is 10.0. The van der Waals surface area contributed by atoms with Crippen molar-refractivity contribution in [2.75, 3.05) is 0 Å². The Hall–Kier alpha value is -8.78. The number of nitriles is 1. The highest BCUT2D eigenvalue weighted by molar-refractivity contribution is 6.33. The van der Waals surface area contributed by atoms with Crippen LogP contribution in [0.2, 0.25) is 0 Å². The van der Waals surface area contributed by atoms with Crippen molar-refractivity contribution in [3.63, 3.8) is 0 Å². The van der Waals surface area contributed by atoms with Crippen LogP contribution in [-0.4, -0.2) is 19.1 Å². The number of fused-ring (bicyclic) bond motifs is 9. The zero-order chi connectivity index (χ0) is 40.3. The van der Waals surface area contributed by atoms with Crippen LogP contribution in [0.5, 0.6) is 0 Å². The predicted molar refractivity (Wildman–Crippen MR) is 246 cm³/mol. The van der Waals surface area contributed by atoms with Gasteiger partial charge in [0, 0.05) is 66.6 Å². The third kappa shape index (κ3) is 4.38. The third-order valence-electron chi connectivity index (χ3n) is 12.4. The Kier molecular flexibility index (Phi) is 6.73. The summed E-state index contributed by atoms with van der Waals surface area (Å²) < 4.78 is 11.0. The molecule has 4 aromatic heterocycles. The van der Waals surface area contributed by atoms with E-state index in [4.69, 9.17) is 21.0 Å². The Morgan fingerprint density at radius 3 is 1.70 bits per heavy atom. The molecule has 0 aliphatic heterocycles. The van der Waals surface area contributed by atoms with Crippen LogP contribution in [0.25, 0.3) is 126 Å². The second kappa shape index (κ2) is 12.4. The van der Waals surface area contributed by atoms with Crippen molar-refractivity contribution in [2.24, 2.45) is 0 Å². The number of furan rings is 1. The van der Waals surface area contributed by atoms with Gasteiger partial charge < -0.3 is 13.6 Å². The lowest BCUT2D eigenvalue weighted by Crippen LogP contribution is -2.08. The molecule has 61 heavy (non-hydrogen) atoms. The number of para-hydroxylation sites is 2. The number of nitrogens with zero attached hydrogens (tertiary/aromatic N) is 6. The Morgan fingerprint density at radius 2 is 1.05 bits per heavy atom. The second-order valence-electron chi connectivity index (χ2n) is 15.4. The maximum absolute atomic E-state index is 11.7. The highest BCUT2D eigenvalue weighted by atomic mass is 16.3. The molecule has 0 atom stereocenters. The van der Waals surface area contributed by atoms with Crippen molar-refractivity contribution in [2.45, 2.75) is 0 Å². The molecular formula is C54H28N6O. The minimum Gasteiger partial charge on any atom is -0.456 e. The molecule has 9 aromatic carbocycles. The van der Waals surface area contributed by atoms with E-state index in [1.165, 1.54) is 0 Å². The van der Waals surface area contributed by atoms with Gasteiger partial charge in [-0.05, 0) is 47.5 Å². The van der Waals surface area contributed by atoms with Gasteiger partial charge in [0.05, 0.1) is 56.6 Å². The lowest BCUT2D eigenvalue weighted by atomic mass is 9.88. The quantitative estimate of drug-likeness (QED) is 0.132. The zero-order valence-corrected chi connectivity index (χ0v) is 32.3. The number of hydrogen-bond acceptors (Lipinski definition) is 4. The smallest absolute Gasteiger partial charge is 0.220 e. The van der Waals surface area contributed by atoms with Crippen molar-refractivity contribution in [3.05, 3.63) is 187 Å². The van der Waals surface area contributed by atoms with Crippen molar-refractivity contribution < 1.29 is 4.42 Å². The largest absolute Gasteiger partial charge is 0.456 e. The van der Waals surface area contributed by atoms with E-state index < -0.39 is 0 Å². The van der Waals surface area contributed by atoms with Gasteiger partial charge in [0.2, 0.25) is 5.69 Å². The Balaban J connectivity index is 1.32. The molecule has 0 aliphatic rings. The van der Waals surface area contributed by atoms with Crippen molar-refractivity contribution in [1.82, 2.24) is 19.1 Å². The summed E-state index contributed by atoms with van der Waals surface area (Å²) in [6.07, 6.45) is 3.49. The standard InChI is InChI=1S/C54H28N6O/c1-56-52-46(31-14-4-2-5-15-31)39(30-55)53(59-40-22-10-8-18-33(40)37-29-45-38(28-43(37)59)34-19-9-11-25-44(34)61-45)47(32-16-6-3-7-17-32)54(52)60-41-23-12-20-35-48(41)49-36(21-13-24-42(49)60)51-50(35)57-26-27-58-51/h2-29H. The second-order valence-corrected chi connectivity index (χ2v) is 15.4. The van der Waals surface area contributed by atoms with Gasteiger partial charge >= 0.3 is 0 Å². The van der Waals surface area contributed by atoms with Crippen LogP contribution in [0.4, 0.5) is 5.69 Å². The van der Waals surface area contributed by atoms with Crippen LogP contribution in [0, 0.1) is 17.9 Å². The summed E-state index contributed by atoms with van der Waals surface area (Å²) in [4.78, 5) is 14.2. The molecule has 0 saturated carbocycles. The highest BCUT2D eigenvalue weighted by Gasteiger charge is 2.32. The van der Waals surface area contributed by atoms with Gasteiger partial charge in [-0.3, -0.25) is 9.97 Å². The molecule has 0 fully saturated rings. The summed E-state index contributed by atoms with van der Waals surface area (Å²) in [6.45, 7) is 9.15. The van der Waals surface area contributed by atoms with Crippen molar-refractivity contribution in [3.8, 4) is 39.7 Å².